The summed E-state index contributed by atoms with van der Waals surface area (Å²) in [7, 11) is 1.64. The van der Waals surface area contributed by atoms with E-state index in [0.29, 0.717) is 13.2 Å². The SMILES string of the molecule is COCCOc1ccc(NC(=O)/C=C/C2=CCCC2)cc1. The zero-order chi connectivity index (χ0) is 14.9. The van der Waals surface area contributed by atoms with Gasteiger partial charge in [0, 0.05) is 18.9 Å². The first kappa shape index (κ1) is 15.3. The number of allylic oxidation sites excluding steroid dienone is 3. The van der Waals surface area contributed by atoms with Gasteiger partial charge in [0.2, 0.25) is 5.91 Å². The number of benzene rings is 1. The topological polar surface area (TPSA) is 47.6 Å². The first-order valence-electron chi connectivity index (χ1n) is 7.18. The molecule has 0 atom stereocenters. The molecule has 112 valence electrons. The highest BCUT2D eigenvalue weighted by Gasteiger charge is 2.02. The summed E-state index contributed by atoms with van der Waals surface area (Å²) < 4.78 is 10.4. The maximum Gasteiger partial charge on any atom is 0.248 e. The normalized spacial score (nSPS) is 14.2. The van der Waals surface area contributed by atoms with Crippen molar-refractivity contribution in [2.24, 2.45) is 0 Å². The average molecular weight is 287 g/mol. The molecule has 2 rings (SSSR count). The lowest BCUT2D eigenvalue weighted by Gasteiger charge is -2.07. The number of methoxy groups -OCH3 is 1. The van der Waals surface area contributed by atoms with E-state index in [0.717, 1.165) is 24.3 Å². The molecule has 0 unspecified atom stereocenters. The van der Waals surface area contributed by atoms with Crippen LogP contribution in [0, 0.1) is 0 Å². The quantitative estimate of drug-likeness (QED) is 0.618. The second-order valence-electron chi connectivity index (χ2n) is 4.86. The maximum atomic E-state index is 11.8. The third kappa shape index (κ3) is 5.44. The molecule has 1 aromatic carbocycles. The van der Waals surface area contributed by atoms with Gasteiger partial charge in [-0.2, -0.15) is 0 Å². The predicted octanol–water partition coefficient (Wildman–Crippen LogP) is 3.32. The third-order valence-electron chi connectivity index (χ3n) is 3.20. The molecule has 1 amide bonds. The molecule has 0 radical (unpaired) electrons. The van der Waals surface area contributed by atoms with Crippen molar-refractivity contribution in [3.63, 3.8) is 0 Å². The van der Waals surface area contributed by atoms with Crippen molar-refractivity contribution in [2.75, 3.05) is 25.6 Å². The molecule has 0 aromatic heterocycles. The van der Waals surface area contributed by atoms with E-state index in [9.17, 15) is 4.79 Å². The molecule has 0 aliphatic heterocycles. The molecule has 0 bridgehead atoms. The van der Waals surface area contributed by atoms with Crippen LogP contribution in [0.5, 0.6) is 5.75 Å². The fourth-order valence-corrected chi connectivity index (χ4v) is 2.09. The van der Waals surface area contributed by atoms with Crippen molar-refractivity contribution in [2.45, 2.75) is 19.3 Å². The van der Waals surface area contributed by atoms with Gasteiger partial charge in [-0.15, -0.1) is 0 Å². The summed E-state index contributed by atoms with van der Waals surface area (Å²) in [6.45, 7) is 1.07. The second kappa shape index (κ2) is 8.27. The molecule has 1 aliphatic rings. The van der Waals surface area contributed by atoms with Gasteiger partial charge >= 0.3 is 0 Å². The van der Waals surface area contributed by atoms with Crippen molar-refractivity contribution in [1.82, 2.24) is 0 Å². The van der Waals surface area contributed by atoms with E-state index in [-0.39, 0.29) is 5.91 Å². The molecule has 0 spiro atoms. The molecule has 4 heteroatoms. The van der Waals surface area contributed by atoms with E-state index in [1.54, 1.807) is 13.2 Å². The highest BCUT2D eigenvalue weighted by atomic mass is 16.5. The Morgan fingerprint density at radius 1 is 1.29 bits per heavy atom. The van der Waals surface area contributed by atoms with Gasteiger partial charge in [0.25, 0.3) is 0 Å². The lowest BCUT2D eigenvalue weighted by atomic mass is 10.2. The summed E-state index contributed by atoms with van der Waals surface area (Å²) in [4.78, 5) is 11.8. The van der Waals surface area contributed by atoms with Crippen LogP contribution in [0.25, 0.3) is 0 Å². The van der Waals surface area contributed by atoms with Crippen LogP contribution in [-0.2, 0) is 9.53 Å². The summed E-state index contributed by atoms with van der Waals surface area (Å²) in [5.74, 6) is 0.646. The van der Waals surface area contributed by atoms with Gasteiger partial charge in [-0.05, 0) is 43.5 Å². The lowest BCUT2D eigenvalue weighted by molar-refractivity contribution is -0.111. The molecule has 21 heavy (non-hydrogen) atoms. The van der Waals surface area contributed by atoms with E-state index < -0.39 is 0 Å². The molecule has 1 aliphatic carbocycles. The van der Waals surface area contributed by atoms with Crippen LogP contribution in [0.1, 0.15) is 19.3 Å². The van der Waals surface area contributed by atoms with Crippen molar-refractivity contribution in [3.8, 4) is 5.75 Å². The Labute approximate surface area is 125 Å². The van der Waals surface area contributed by atoms with Gasteiger partial charge in [-0.25, -0.2) is 0 Å². The third-order valence-corrected chi connectivity index (χ3v) is 3.20. The van der Waals surface area contributed by atoms with Crippen LogP contribution in [-0.4, -0.2) is 26.2 Å². The Kier molecular flexibility index (Phi) is 6.03. The lowest BCUT2D eigenvalue weighted by Crippen LogP contribution is -2.08. The number of ether oxygens (including phenoxy) is 2. The number of hydrogen-bond donors (Lipinski definition) is 1. The van der Waals surface area contributed by atoms with Crippen LogP contribution < -0.4 is 10.1 Å². The monoisotopic (exact) mass is 287 g/mol. The van der Waals surface area contributed by atoms with E-state index in [2.05, 4.69) is 11.4 Å². The summed E-state index contributed by atoms with van der Waals surface area (Å²) >= 11 is 0. The molecule has 0 fully saturated rings. The first-order chi connectivity index (χ1) is 10.3. The van der Waals surface area contributed by atoms with Gasteiger partial charge in [0.05, 0.1) is 6.61 Å². The Morgan fingerprint density at radius 2 is 2.10 bits per heavy atom. The minimum atomic E-state index is -0.115. The predicted molar refractivity (Wildman–Crippen MR) is 83.5 cm³/mol. The van der Waals surface area contributed by atoms with E-state index >= 15 is 0 Å². The van der Waals surface area contributed by atoms with Crippen LogP contribution in [0.2, 0.25) is 0 Å². The fourth-order valence-electron chi connectivity index (χ4n) is 2.09. The minimum absolute atomic E-state index is 0.115. The number of carbonyl (C=O) groups excluding carboxylic acids is 1. The van der Waals surface area contributed by atoms with Crippen molar-refractivity contribution < 1.29 is 14.3 Å². The molecular weight excluding hydrogens is 266 g/mol. The zero-order valence-electron chi connectivity index (χ0n) is 12.3. The standard InChI is InChI=1S/C17H21NO3/c1-20-12-13-21-16-9-7-15(8-10-16)18-17(19)11-6-14-4-2-3-5-14/h4,6-11H,2-3,5,12-13H2,1H3,(H,18,19)/b11-6+. The first-order valence-corrected chi connectivity index (χ1v) is 7.18. The van der Waals surface area contributed by atoms with Crippen LogP contribution in [0.3, 0.4) is 0 Å². The number of hydrogen-bond acceptors (Lipinski definition) is 3. The highest BCUT2D eigenvalue weighted by molar-refractivity contribution is 5.99. The van der Waals surface area contributed by atoms with Crippen LogP contribution in [0.4, 0.5) is 5.69 Å². The Balaban J connectivity index is 1.80. The molecule has 0 heterocycles. The number of nitrogens with one attached hydrogen (secondary N) is 1. The minimum Gasteiger partial charge on any atom is -0.491 e. The van der Waals surface area contributed by atoms with Gasteiger partial charge < -0.3 is 14.8 Å². The molecule has 0 saturated carbocycles. The molecular formula is C17H21NO3. The van der Waals surface area contributed by atoms with Gasteiger partial charge in [0.1, 0.15) is 12.4 Å². The Morgan fingerprint density at radius 3 is 2.76 bits per heavy atom. The van der Waals surface area contributed by atoms with Gasteiger partial charge in [-0.3, -0.25) is 4.79 Å². The van der Waals surface area contributed by atoms with Crippen LogP contribution in [0.15, 0.2) is 48.1 Å². The summed E-state index contributed by atoms with van der Waals surface area (Å²) in [6, 6.07) is 7.30. The molecule has 1 aromatic rings. The number of anilines is 1. The van der Waals surface area contributed by atoms with Gasteiger partial charge in [0.15, 0.2) is 0 Å². The zero-order valence-corrected chi connectivity index (χ0v) is 12.3. The van der Waals surface area contributed by atoms with Crippen molar-refractivity contribution in [3.05, 3.63) is 48.1 Å². The number of amides is 1. The second-order valence-corrected chi connectivity index (χ2v) is 4.86. The Hall–Kier alpha value is -2.07. The van der Waals surface area contributed by atoms with Crippen molar-refractivity contribution >= 4 is 11.6 Å². The van der Waals surface area contributed by atoms with Crippen LogP contribution >= 0.6 is 0 Å². The summed E-state index contributed by atoms with van der Waals surface area (Å²) in [5, 5.41) is 2.83. The number of carbonyl (C=O) groups is 1. The average Bonchev–Trinajstić information content (AvgIpc) is 3.01. The largest absolute Gasteiger partial charge is 0.491 e. The summed E-state index contributed by atoms with van der Waals surface area (Å²) in [6.07, 6.45) is 9.02. The summed E-state index contributed by atoms with van der Waals surface area (Å²) in [5.41, 5.74) is 2.00. The van der Waals surface area contributed by atoms with E-state index in [4.69, 9.17) is 9.47 Å². The molecule has 4 nitrogen and oxygen atoms in total. The molecule has 0 saturated heterocycles. The van der Waals surface area contributed by atoms with E-state index in [1.807, 2.05) is 30.3 Å². The van der Waals surface area contributed by atoms with Gasteiger partial charge in [-0.1, -0.05) is 17.7 Å². The van der Waals surface area contributed by atoms with E-state index in [1.165, 1.54) is 12.0 Å². The molecule has 1 N–H and O–H groups in total. The number of rotatable bonds is 7. The highest BCUT2D eigenvalue weighted by Crippen LogP contribution is 2.19. The Bertz CT molecular complexity index is 517. The van der Waals surface area contributed by atoms with Crippen molar-refractivity contribution in [1.29, 1.82) is 0 Å². The fraction of sp³-hybridized carbons (Fsp3) is 0.353. The maximum absolute atomic E-state index is 11.8. The smallest absolute Gasteiger partial charge is 0.248 e.